The number of carbonyl (C=O) groups excluding carboxylic acids is 1. The van der Waals surface area contributed by atoms with Gasteiger partial charge in [-0.25, -0.2) is 0 Å². The third-order valence-corrected chi connectivity index (χ3v) is 3.26. The molecule has 0 radical (unpaired) electrons. The molecule has 0 amide bonds. The zero-order valence-corrected chi connectivity index (χ0v) is 11.9. The van der Waals surface area contributed by atoms with Crippen LogP contribution in [0.5, 0.6) is 5.75 Å². The van der Waals surface area contributed by atoms with E-state index in [0.717, 1.165) is 12.2 Å². The Morgan fingerprint density at radius 1 is 1.32 bits per heavy atom. The van der Waals surface area contributed by atoms with Crippen LogP contribution in [0.4, 0.5) is 0 Å². The van der Waals surface area contributed by atoms with Gasteiger partial charge < -0.3 is 15.2 Å². The molecule has 0 aliphatic heterocycles. The van der Waals surface area contributed by atoms with E-state index in [-0.39, 0.29) is 0 Å². The van der Waals surface area contributed by atoms with Gasteiger partial charge in [0.15, 0.2) is 0 Å². The predicted octanol–water partition coefficient (Wildman–Crippen LogP) is 2.47. The summed E-state index contributed by atoms with van der Waals surface area (Å²) in [6.45, 7) is 4.77. The summed E-state index contributed by atoms with van der Waals surface area (Å²) >= 11 is 0. The van der Waals surface area contributed by atoms with Crippen molar-refractivity contribution in [1.82, 2.24) is 0 Å². The van der Waals surface area contributed by atoms with Crippen LogP contribution < -0.4 is 10.5 Å². The van der Waals surface area contributed by atoms with Crippen LogP contribution in [0, 0.1) is 0 Å². The van der Waals surface area contributed by atoms with E-state index in [0.29, 0.717) is 18.9 Å². The smallest absolute Gasteiger partial charge is 0.322 e. The number of methoxy groups -OCH3 is 1. The summed E-state index contributed by atoms with van der Waals surface area (Å²) in [5.74, 6) is 0.946. The molecule has 19 heavy (non-hydrogen) atoms. The Kier molecular flexibility index (Phi) is 6.36. The highest BCUT2D eigenvalue weighted by molar-refractivity contribution is 5.75. The lowest BCUT2D eigenvalue weighted by molar-refractivity contribution is -0.142. The number of benzene rings is 1. The topological polar surface area (TPSA) is 61.5 Å². The van der Waals surface area contributed by atoms with Gasteiger partial charge in [0.1, 0.15) is 11.8 Å². The fourth-order valence-corrected chi connectivity index (χ4v) is 1.70. The molecule has 0 aromatic heterocycles. The molecule has 0 aliphatic carbocycles. The van der Waals surface area contributed by atoms with Crippen LogP contribution >= 0.6 is 0 Å². The van der Waals surface area contributed by atoms with Crippen molar-refractivity contribution in [3.05, 3.63) is 29.8 Å². The van der Waals surface area contributed by atoms with Crippen molar-refractivity contribution in [1.29, 1.82) is 0 Å². The van der Waals surface area contributed by atoms with Crippen LogP contribution in [0.25, 0.3) is 0 Å². The third-order valence-electron chi connectivity index (χ3n) is 3.26. The summed E-state index contributed by atoms with van der Waals surface area (Å²) in [5, 5.41) is 0. The quantitative estimate of drug-likeness (QED) is 0.769. The normalized spacial score (nSPS) is 13.7. The average molecular weight is 265 g/mol. The molecular weight excluding hydrogens is 242 g/mol. The Bertz CT molecular complexity index is 389. The van der Waals surface area contributed by atoms with Gasteiger partial charge in [0.05, 0.1) is 13.7 Å². The summed E-state index contributed by atoms with van der Waals surface area (Å²) in [5.41, 5.74) is 6.93. The number of hydrogen-bond donors (Lipinski definition) is 1. The monoisotopic (exact) mass is 265 g/mol. The van der Waals surface area contributed by atoms with E-state index in [4.69, 9.17) is 10.5 Å². The molecule has 0 aliphatic rings. The maximum absolute atomic E-state index is 11.1. The van der Waals surface area contributed by atoms with Crippen molar-refractivity contribution in [3.8, 4) is 5.75 Å². The molecular formula is C15H23NO3. The van der Waals surface area contributed by atoms with E-state index in [1.54, 1.807) is 0 Å². The molecule has 0 saturated heterocycles. The molecule has 106 valence electrons. The second-order valence-electron chi connectivity index (χ2n) is 4.65. The Balaban J connectivity index is 2.40. The molecule has 0 fully saturated rings. The first-order valence-corrected chi connectivity index (χ1v) is 6.64. The van der Waals surface area contributed by atoms with Crippen molar-refractivity contribution in [2.75, 3.05) is 13.7 Å². The van der Waals surface area contributed by atoms with E-state index < -0.39 is 12.0 Å². The average Bonchev–Trinajstić information content (AvgIpc) is 2.46. The molecule has 2 unspecified atom stereocenters. The minimum atomic E-state index is -0.621. The molecule has 2 atom stereocenters. The van der Waals surface area contributed by atoms with Crippen molar-refractivity contribution >= 4 is 5.97 Å². The second-order valence-corrected chi connectivity index (χ2v) is 4.65. The van der Waals surface area contributed by atoms with Gasteiger partial charge in [0, 0.05) is 6.42 Å². The number of hydrogen-bond acceptors (Lipinski definition) is 4. The lowest BCUT2D eigenvalue weighted by Crippen LogP contribution is -2.33. The SMILES string of the molecule is CCC(C)c1ccc(OCCC(N)C(=O)OC)cc1. The van der Waals surface area contributed by atoms with Gasteiger partial charge in [-0.15, -0.1) is 0 Å². The van der Waals surface area contributed by atoms with Crippen LogP contribution in [-0.2, 0) is 9.53 Å². The van der Waals surface area contributed by atoms with Gasteiger partial charge in [-0.2, -0.15) is 0 Å². The highest BCUT2D eigenvalue weighted by Gasteiger charge is 2.13. The number of nitrogens with two attached hydrogens (primary N) is 1. The first-order chi connectivity index (χ1) is 9.08. The minimum absolute atomic E-state index is 0.402. The van der Waals surface area contributed by atoms with Gasteiger partial charge >= 0.3 is 5.97 Å². The fourth-order valence-electron chi connectivity index (χ4n) is 1.70. The van der Waals surface area contributed by atoms with Gasteiger partial charge in [0.2, 0.25) is 0 Å². The Labute approximate surface area is 114 Å². The molecule has 2 N–H and O–H groups in total. The standard InChI is InChI=1S/C15H23NO3/c1-4-11(2)12-5-7-13(8-6-12)19-10-9-14(16)15(17)18-3/h5-8,11,14H,4,9-10,16H2,1-3H3. The zero-order chi connectivity index (χ0) is 14.3. The van der Waals surface area contributed by atoms with E-state index in [1.165, 1.54) is 12.7 Å². The molecule has 4 heteroatoms. The third kappa shape index (κ3) is 4.91. The number of ether oxygens (including phenoxy) is 2. The van der Waals surface area contributed by atoms with Gasteiger partial charge in [-0.3, -0.25) is 4.79 Å². The van der Waals surface area contributed by atoms with Gasteiger partial charge in [0.25, 0.3) is 0 Å². The van der Waals surface area contributed by atoms with Crippen LogP contribution in [0.3, 0.4) is 0 Å². The largest absolute Gasteiger partial charge is 0.494 e. The molecule has 0 heterocycles. The summed E-state index contributed by atoms with van der Waals surface area (Å²) < 4.78 is 10.1. The van der Waals surface area contributed by atoms with E-state index >= 15 is 0 Å². The zero-order valence-electron chi connectivity index (χ0n) is 11.9. The van der Waals surface area contributed by atoms with Crippen LogP contribution in [0.2, 0.25) is 0 Å². The number of carbonyl (C=O) groups is 1. The highest BCUT2D eigenvalue weighted by atomic mass is 16.5. The van der Waals surface area contributed by atoms with E-state index in [1.807, 2.05) is 12.1 Å². The highest BCUT2D eigenvalue weighted by Crippen LogP contribution is 2.21. The summed E-state index contributed by atoms with van der Waals surface area (Å²) in [6, 6.07) is 7.42. The van der Waals surface area contributed by atoms with Crippen LogP contribution in [-0.4, -0.2) is 25.7 Å². The fraction of sp³-hybridized carbons (Fsp3) is 0.533. The molecule has 0 bridgehead atoms. The number of esters is 1. The van der Waals surface area contributed by atoms with E-state index in [2.05, 4.69) is 30.7 Å². The van der Waals surface area contributed by atoms with Crippen molar-refractivity contribution in [3.63, 3.8) is 0 Å². The van der Waals surface area contributed by atoms with Crippen LogP contribution in [0.15, 0.2) is 24.3 Å². The van der Waals surface area contributed by atoms with Crippen LogP contribution in [0.1, 0.15) is 38.2 Å². The molecule has 0 spiro atoms. The molecule has 1 aromatic rings. The Morgan fingerprint density at radius 3 is 2.47 bits per heavy atom. The maximum atomic E-state index is 11.1. The molecule has 1 aromatic carbocycles. The summed E-state index contributed by atoms with van der Waals surface area (Å²) in [6.07, 6.45) is 1.56. The minimum Gasteiger partial charge on any atom is -0.494 e. The van der Waals surface area contributed by atoms with Gasteiger partial charge in [-0.1, -0.05) is 26.0 Å². The van der Waals surface area contributed by atoms with Gasteiger partial charge in [-0.05, 0) is 30.0 Å². The predicted molar refractivity (Wildman–Crippen MR) is 75.3 cm³/mol. The van der Waals surface area contributed by atoms with Crippen molar-refractivity contribution in [2.45, 2.75) is 38.6 Å². The first-order valence-electron chi connectivity index (χ1n) is 6.64. The second kappa shape index (κ2) is 7.79. The van der Waals surface area contributed by atoms with Crippen molar-refractivity contribution < 1.29 is 14.3 Å². The van der Waals surface area contributed by atoms with Crippen molar-refractivity contribution in [2.24, 2.45) is 5.73 Å². The Morgan fingerprint density at radius 2 is 1.95 bits per heavy atom. The molecule has 1 rings (SSSR count). The lowest BCUT2D eigenvalue weighted by Gasteiger charge is -2.12. The summed E-state index contributed by atoms with van der Waals surface area (Å²) in [4.78, 5) is 11.1. The Hall–Kier alpha value is -1.55. The molecule has 0 saturated carbocycles. The molecule has 4 nitrogen and oxygen atoms in total. The number of rotatable bonds is 7. The van der Waals surface area contributed by atoms with E-state index in [9.17, 15) is 4.79 Å². The first kappa shape index (κ1) is 15.5. The maximum Gasteiger partial charge on any atom is 0.322 e. The lowest BCUT2D eigenvalue weighted by atomic mass is 9.99. The summed E-state index contributed by atoms with van der Waals surface area (Å²) in [7, 11) is 1.33.